The van der Waals surface area contributed by atoms with Crippen LogP contribution in [0.25, 0.3) is 0 Å². The maximum atomic E-state index is 11.9. The van der Waals surface area contributed by atoms with Crippen LogP contribution in [-0.2, 0) is 9.59 Å². The highest BCUT2D eigenvalue weighted by Crippen LogP contribution is 2.07. The Balaban J connectivity index is 2.51. The Morgan fingerprint density at radius 3 is 2.47 bits per heavy atom. The molecule has 0 saturated heterocycles. The van der Waals surface area contributed by atoms with E-state index in [1.165, 1.54) is 0 Å². The summed E-state index contributed by atoms with van der Waals surface area (Å²) in [6.07, 6.45) is 0.0342. The number of nitrogens with zero attached hydrogens (tertiary/aromatic N) is 1. The van der Waals surface area contributed by atoms with Crippen molar-refractivity contribution >= 4 is 17.6 Å². The zero-order valence-electron chi connectivity index (χ0n) is 11.3. The third kappa shape index (κ3) is 5.52. The first-order chi connectivity index (χ1) is 9.02. The number of carbonyl (C=O) groups is 2. The van der Waals surface area contributed by atoms with Crippen LogP contribution >= 0.6 is 0 Å². The van der Waals surface area contributed by atoms with Gasteiger partial charge in [0.1, 0.15) is 0 Å². The number of carboxylic acids is 1. The molecule has 1 aromatic rings. The molecule has 5 heteroatoms. The van der Waals surface area contributed by atoms with Crippen molar-refractivity contribution in [2.75, 3.05) is 18.4 Å². The lowest BCUT2D eigenvalue weighted by Gasteiger charge is -2.25. The Morgan fingerprint density at radius 2 is 1.95 bits per heavy atom. The minimum atomic E-state index is -0.852. The number of hydrogen-bond acceptors (Lipinski definition) is 3. The Bertz CT molecular complexity index is 420. The van der Waals surface area contributed by atoms with Crippen molar-refractivity contribution in [2.45, 2.75) is 26.3 Å². The van der Waals surface area contributed by atoms with E-state index < -0.39 is 5.97 Å². The fourth-order valence-corrected chi connectivity index (χ4v) is 1.87. The molecule has 1 atom stereocenters. The van der Waals surface area contributed by atoms with Crippen LogP contribution in [0.5, 0.6) is 0 Å². The van der Waals surface area contributed by atoms with Crippen LogP contribution in [0.1, 0.15) is 20.3 Å². The monoisotopic (exact) mass is 264 g/mol. The van der Waals surface area contributed by atoms with Crippen LogP contribution in [0.4, 0.5) is 5.69 Å². The summed E-state index contributed by atoms with van der Waals surface area (Å²) in [6.45, 7) is 4.55. The Labute approximate surface area is 113 Å². The third-order valence-corrected chi connectivity index (χ3v) is 2.90. The molecule has 19 heavy (non-hydrogen) atoms. The van der Waals surface area contributed by atoms with Crippen molar-refractivity contribution < 1.29 is 14.7 Å². The molecule has 0 fully saturated rings. The number of benzene rings is 1. The lowest BCUT2D eigenvalue weighted by atomic mass is 10.2. The molecule has 0 spiro atoms. The highest BCUT2D eigenvalue weighted by atomic mass is 16.4. The molecule has 0 aromatic heterocycles. The maximum absolute atomic E-state index is 11.9. The number of nitrogens with one attached hydrogen (secondary N) is 1. The first kappa shape index (κ1) is 15.2. The Morgan fingerprint density at radius 1 is 1.32 bits per heavy atom. The van der Waals surface area contributed by atoms with Gasteiger partial charge in [-0.1, -0.05) is 25.1 Å². The molecule has 0 aliphatic heterocycles. The van der Waals surface area contributed by atoms with Crippen molar-refractivity contribution in [1.82, 2.24) is 4.90 Å². The molecule has 0 saturated carbocycles. The van der Waals surface area contributed by atoms with Crippen LogP contribution in [0.2, 0.25) is 0 Å². The summed E-state index contributed by atoms with van der Waals surface area (Å²) >= 11 is 0. The van der Waals surface area contributed by atoms with E-state index in [-0.39, 0.29) is 24.9 Å². The van der Waals surface area contributed by atoms with E-state index in [0.717, 1.165) is 5.69 Å². The number of para-hydroxylation sites is 1. The lowest BCUT2D eigenvalue weighted by molar-refractivity contribution is -0.138. The predicted octanol–water partition coefficient (Wildman–Crippen LogP) is 1.81. The molecular weight excluding hydrogens is 244 g/mol. The average molecular weight is 264 g/mol. The zero-order valence-corrected chi connectivity index (χ0v) is 11.3. The first-order valence-corrected chi connectivity index (χ1v) is 6.33. The summed E-state index contributed by atoms with van der Waals surface area (Å²) in [5.41, 5.74) is 0.745. The van der Waals surface area contributed by atoms with Gasteiger partial charge in [0.05, 0.1) is 13.0 Å². The van der Waals surface area contributed by atoms with E-state index in [1.807, 2.05) is 49.1 Å². The van der Waals surface area contributed by atoms with Crippen LogP contribution in [0.15, 0.2) is 30.3 Å². The number of hydrogen-bond donors (Lipinski definition) is 2. The van der Waals surface area contributed by atoms with Gasteiger partial charge in [0.2, 0.25) is 5.91 Å². The van der Waals surface area contributed by atoms with Crippen LogP contribution < -0.4 is 5.32 Å². The summed E-state index contributed by atoms with van der Waals surface area (Å²) in [5, 5.41) is 11.6. The minimum Gasteiger partial charge on any atom is -0.481 e. The zero-order chi connectivity index (χ0) is 14.3. The predicted molar refractivity (Wildman–Crippen MR) is 74.0 cm³/mol. The molecule has 1 amide bonds. The summed E-state index contributed by atoms with van der Waals surface area (Å²) in [4.78, 5) is 24.4. The van der Waals surface area contributed by atoms with E-state index in [1.54, 1.807) is 0 Å². The highest BCUT2D eigenvalue weighted by molar-refractivity contribution is 5.92. The quantitative estimate of drug-likeness (QED) is 0.788. The molecule has 5 nitrogen and oxygen atoms in total. The smallest absolute Gasteiger partial charge is 0.304 e. The molecule has 1 aromatic carbocycles. The van der Waals surface area contributed by atoms with Gasteiger partial charge in [-0.25, -0.2) is 0 Å². The van der Waals surface area contributed by atoms with E-state index >= 15 is 0 Å². The Hall–Kier alpha value is -1.88. The molecule has 0 radical (unpaired) electrons. The number of likely N-dealkylation sites (N-methyl/N-ethyl adjacent to an activating group) is 1. The van der Waals surface area contributed by atoms with Gasteiger partial charge in [-0.2, -0.15) is 0 Å². The molecule has 0 bridgehead atoms. The van der Waals surface area contributed by atoms with Gasteiger partial charge >= 0.3 is 5.97 Å². The number of rotatable bonds is 7. The number of carbonyl (C=O) groups excluding carboxylic acids is 1. The molecule has 1 rings (SSSR count). The van der Waals surface area contributed by atoms with E-state index in [0.29, 0.717) is 6.54 Å². The molecular formula is C14H20N2O3. The minimum absolute atomic E-state index is 0.0342. The summed E-state index contributed by atoms with van der Waals surface area (Å²) in [6, 6.07) is 9.04. The largest absolute Gasteiger partial charge is 0.481 e. The normalized spacial score (nSPS) is 12.2. The second-order valence-corrected chi connectivity index (χ2v) is 4.42. The summed E-state index contributed by atoms with van der Waals surface area (Å²) in [7, 11) is 0. The third-order valence-electron chi connectivity index (χ3n) is 2.90. The fourth-order valence-electron chi connectivity index (χ4n) is 1.87. The lowest BCUT2D eigenvalue weighted by Crippen LogP contribution is -2.40. The molecule has 0 heterocycles. The molecule has 0 aliphatic carbocycles. The van der Waals surface area contributed by atoms with Crippen molar-refractivity contribution in [3.8, 4) is 0 Å². The van der Waals surface area contributed by atoms with Gasteiger partial charge in [-0.15, -0.1) is 0 Å². The average Bonchev–Trinajstić information content (AvgIpc) is 2.36. The van der Waals surface area contributed by atoms with Crippen molar-refractivity contribution in [3.05, 3.63) is 30.3 Å². The molecule has 2 N–H and O–H groups in total. The fraction of sp³-hybridized carbons (Fsp3) is 0.429. The van der Waals surface area contributed by atoms with Crippen molar-refractivity contribution in [1.29, 1.82) is 0 Å². The topological polar surface area (TPSA) is 69.6 Å². The molecule has 0 aliphatic rings. The first-order valence-electron chi connectivity index (χ1n) is 6.33. The van der Waals surface area contributed by atoms with Gasteiger partial charge in [0.15, 0.2) is 0 Å². The van der Waals surface area contributed by atoms with Gasteiger partial charge in [-0.3, -0.25) is 14.5 Å². The maximum Gasteiger partial charge on any atom is 0.304 e. The summed E-state index contributed by atoms with van der Waals surface area (Å²) < 4.78 is 0. The number of carboxylic acid groups (broad SMARTS) is 1. The van der Waals surface area contributed by atoms with E-state index in [4.69, 9.17) is 5.11 Å². The van der Waals surface area contributed by atoms with E-state index in [2.05, 4.69) is 5.32 Å². The Kier molecular flexibility index (Phi) is 6.02. The van der Waals surface area contributed by atoms with E-state index in [9.17, 15) is 9.59 Å². The van der Waals surface area contributed by atoms with Gasteiger partial charge in [0, 0.05) is 11.7 Å². The second-order valence-electron chi connectivity index (χ2n) is 4.42. The number of anilines is 1. The van der Waals surface area contributed by atoms with Crippen LogP contribution in [0, 0.1) is 0 Å². The van der Waals surface area contributed by atoms with Crippen molar-refractivity contribution in [2.24, 2.45) is 0 Å². The molecule has 104 valence electrons. The standard InChI is InChI=1S/C14H20N2O3/c1-3-16(11(2)9-14(18)19)10-13(17)15-12-7-5-4-6-8-12/h4-8,11H,3,9-10H2,1-2H3,(H,15,17)(H,18,19). The SMILES string of the molecule is CCN(CC(=O)Nc1ccccc1)C(C)CC(=O)O. The van der Waals surface area contributed by atoms with Gasteiger partial charge in [-0.05, 0) is 25.6 Å². The second kappa shape index (κ2) is 7.53. The summed E-state index contributed by atoms with van der Waals surface area (Å²) in [5.74, 6) is -0.986. The van der Waals surface area contributed by atoms with Crippen LogP contribution in [-0.4, -0.2) is 41.0 Å². The van der Waals surface area contributed by atoms with Gasteiger partial charge < -0.3 is 10.4 Å². The number of aliphatic carboxylic acids is 1. The highest BCUT2D eigenvalue weighted by Gasteiger charge is 2.18. The van der Waals surface area contributed by atoms with Crippen molar-refractivity contribution in [3.63, 3.8) is 0 Å². The van der Waals surface area contributed by atoms with Crippen LogP contribution in [0.3, 0.4) is 0 Å². The van der Waals surface area contributed by atoms with Gasteiger partial charge in [0.25, 0.3) is 0 Å². The number of amides is 1. The molecule has 1 unspecified atom stereocenters.